The minimum Gasteiger partial charge on any atom is -0.172 e. The Morgan fingerprint density at radius 1 is 1.60 bits per heavy atom. The number of fused-ring (bicyclic) bond motifs is 2. The van der Waals surface area contributed by atoms with Crippen molar-refractivity contribution >= 4 is 12.6 Å². The van der Waals surface area contributed by atoms with Crippen molar-refractivity contribution in [3.63, 3.8) is 0 Å². The molecule has 0 aliphatic heterocycles. The van der Waals surface area contributed by atoms with Gasteiger partial charge in [-0.2, -0.15) is 12.6 Å². The van der Waals surface area contributed by atoms with Crippen LogP contribution in [0.3, 0.4) is 0 Å². The molecule has 1 heteroatoms. The zero-order valence-electron chi connectivity index (χ0n) is 6.64. The molecular formula is C9H16S. The fourth-order valence-electron chi connectivity index (χ4n) is 2.90. The van der Waals surface area contributed by atoms with Crippen LogP contribution in [0.2, 0.25) is 0 Å². The lowest BCUT2D eigenvalue weighted by Gasteiger charge is -2.29. The molecule has 3 atom stereocenters. The number of hydrogen-bond donors (Lipinski definition) is 1. The second-order valence-electron chi connectivity index (χ2n) is 4.05. The molecule has 2 aliphatic rings. The van der Waals surface area contributed by atoms with Crippen LogP contribution in [0, 0.1) is 11.8 Å². The van der Waals surface area contributed by atoms with E-state index in [-0.39, 0.29) is 0 Å². The third-order valence-electron chi connectivity index (χ3n) is 3.50. The maximum atomic E-state index is 4.80. The molecule has 0 amide bonds. The van der Waals surface area contributed by atoms with Crippen molar-refractivity contribution in [1.82, 2.24) is 0 Å². The highest BCUT2D eigenvalue weighted by atomic mass is 32.1. The van der Waals surface area contributed by atoms with Gasteiger partial charge in [0, 0.05) is 4.75 Å². The van der Waals surface area contributed by atoms with Gasteiger partial charge in [-0.25, -0.2) is 0 Å². The van der Waals surface area contributed by atoms with Gasteiger partial charge in [-0.15, -0.1) is 0 Å². The molecule has 2 fully saturated rings. The highest BCUT2D eigenvalue weighted by Gasteiger charge is 2.48. The van der Waals surface area contributed by atoms with E-state index in [9.17, 15) is 0 Å². The van der Waals surface area contributed by atoms with Crippen LogP contribution in [0.15, 0.2) is 0 Å². The third-order valence-corrected chi connectivity index (χ3v) is 4.27. The Kier molecular flexibility index (Phi) is 1.52. The first-order valence-corrected chi connectivity index (χ1v) is 4.91. The highest BCUT2D eigenvalue weighted by molar-refractivity contribution is 7.81. The van der Waals surface area contributed by atoms with Gasteiger partial charge in [-0.05, 0) is 37.5 Å². The lowest BCUT2D eigenvalue weighted by molar-refractivity contribution is 0.354. The summed E-state index contributed by atoms with van der Waals surface area (Å²) in [6.45, 7) is 2.31. The van der Waals surface area contributed by atoms with Gasteiger partial charge in [0.1, 0.15) is 0 Å². The van der Waals surface area contributed by atoms with Crippen molar-refractivity contribution in [2.45, 2.75) is 43.8 Å². The molecule has 10 heavy (non-hydrogen) atoms. The zero-order chi connectivity index (χ0) is 7.19. The lowest BCUT2D eigenvalue weighted by Crippen LogP contribution is -2.25. The van der Waals surface area contributed by atoms with Crippen LogP contribution in [-0.2, 0) is 0 Å². The summed E-state index contributed by atoms with van der Waals surface area (Å²) >= 11 is 4.80. The molecule has 0 saturated heterocycles. The fourth-order valence-corrected chi connectivity index (χ4v) is 3.57. The molecule has 2 saturated carbocycles. The molecule has 2 rings (SSSR count). The van der Waals surface area contributed by atoms with Gasteiger partial charge >= 0.3 is 0 Å². The minimum atomic E-state index is 0.472. The SMILES string of the molecule is CCC1CC2CCC1(S)C2. The van der Waals surface area contributed by atoms with E-state index in [1.165, 1.54) is 32.1 Å². The van der Waals surface area contributed by atoms with E-state index >= 15 is 0 Å². The van der Waals surface area contributed by atoms with Crippen molar-refractivity contribution < 1.29 is 0 Å². The predicted octanol–water partition coefficient (Wildman–Crippen LogP) is 2.89. The molecule has 2 aliphatic carbocycles. The summed E-state index contributed by atoms with van der Waals surface area (Å²) in [4.78, 5) is 0. The standard InChI is InChI=1S/C9H16S/c1-2-8-5-7-3-4-9(8,10)6-7/h7-8,10H,2-6H2,1H3. The molecule has 0 aromatic heterocycles. The molecule has 0 heterocycles. The molecule has 0 spiro atoms. The van der Waals surface area contributed by atoms with Gasteiger partial charge in [-0.1, -0.05) is 13.3 Å². The Bertz CT molecular complexity index is 144. The van der Waals surface area contributed by atoms with Crippen LogP contribution in [0.5, 0.6) is 0 Å². The summed E-state index contributed by atoms with van der Waals surface area (Å²) in [5, 5.41) is 0. The first-order chi connectivity index (χ1) is 4.74. The molecule has 0 radical (unpaired) electrons. The van der Waals surface area contributed by atoms with Crippen LogP contribution in [0.25, 0.3) is 0 Å². The van der Waals surface area contributed by atoms with E-state index in [4.69, 9.17) is 12.6 Å². The molecule has 0 aromatic rings. The summed E-state index contributed by atoms with van der Waals surface area (Å²) in [6, 6.07) is 0. The van der Waals surface area contributed by atoms with Gasteiger partial charge in [-0.3, -0.25) is 0 Å². The Morgan fingerprint density at radius 3 is 2.70 bits per heavy atom. The molecule has 0 nitrogen and oxygen atoms in total. The fraction of sp³-hybridized carbons (Fsp3) is 1.00. The quantitative estimate of drug-likeness (QED) is 0.554. The van der Waals surface area contributed by atoms with Crippen LogP contribution in [0.1, 0.15) is 39.0 Å². The van der Waals surface area contributed by atoms with Crippen molar-refractivity contribution in [3.05, 3.63) is 0 Å². The largest absolute Gasteiger partial charge is 0.172 e. The van der Waals surface area contributed by atoms with Crippen LogP contribution in [0.4, 0.5) is 0 Å². The Hall–Kier alpha value is 0.350. The van der Waals surface area contributed by atoms with Crippen LogP contribution >= 0.6 is 12.6 Å². The lowest BCUT2D eigenvalue weighted by atomic mass is 9.86. The van der Waals surface area contributed by atoms with Gasteiger partial charge < -0.3 is 0 Å². The second kappa shape index (κ2) is 2.17. The normalized spacial score (nSPS) is 52.2. The Balaban J connectivity index is 2.14. The van der Waals surface area contributed by atoms with Crippen molar-refractivity contribution in [2.75, 3.05) is 0 Å². The summed E-state index contributed by atoms with van der Waals surface area (Å²) in [5.41, 5.74) is 0. The predicted molar refractivity (Wildman–Crippen MR) is 47.5 cm³/mol. The van der Waals surface area contributed by atoms with Crippen molar-refractivity contribution in [2.24, 2.45) is 11.8 Å². The number of hydrogen-bond acceptors (Lipinski definition) is 1. The second-order valence-corrected chi connectivity index (χ2v) is 4.94. The monoisotopic (exact) mass is 156 g/mol. The van der Waals surface area contributed by atoms with Crippen LogP contribution < -0.4 is 0 Å². The molecular weight excluding hydrogens is 140 g/mol. The first kappa shape index (κ1) is 7.02. The van der Waals surface area contributed by atoms with E-state index in [1.54, 1.807) is 0 Å². The first-order valence-electron chi connectivity index (χ1n) is 4.47. The Labute approximate surface area is 68.8 Å². The molecule has 0 aromatic carbocycles. The molecule has 3 unspecified atom stereocenters. The van der Waals surface area contributed by atoms with Gasteiger partial charge in [0.05, 0.1) is 0 Å². The summed E-state index contributed by atoms with van der Waals surface area (Å²) in [6.07, 6.45) is 7.08. The zero-order valence-corrected chi connectivity index (χ0v) is 7.53. The topological polar surface area (TPSA) is 0 Å². The summed E-state index contributed by atoms with van der Waals surface area (Å²) in [7, 11) is 0. The maximum absolute atomic E-state index is 4.80. The average Bonchev–Trinajstić information content (AvgIpc) is 2.41. The average molecular weight is 156 g/mol. The third kappa shape index (κ3) is 0.827. The summed E-state index contributed by atoms with van der Waals surface area (Å²) < 4.78 is 0.472. The van der Waals surface area contributed by atoms with E-state index in [1.807, 2.05) is 0 Å². The molecule has 2 bridgehead atoms. The van der Waals surface area contributed by atoms with E-state index in [0.717, 1.165) is 11.8 Å². The van der Waals surface area contributed by atoms with E-state index in [0.29, 0.717) is 4.75 Å². The number of thiol groups is 1. The van der Waals surface area contributed by atoms with Crippen LogP contribution in [-0.4, -0.2) is 4.75 Å². The minimum absolute atomic E-state index is 0.472. The molecule has 58 valence electrons. The van der Waals surface area contributed by atoms with E-state index < -0.39 is 0 Å². The summed E-state index contributed by atoms with van der Waals surface area (Å²) in [5.74, 6) is 1.98. The smallest absolute Gasteiger partial charge is 0.0160 e. The van der Waals surface area contributed by atoms with Crippen molar-refractivity contribution in [3.8, 4) is 0 Å². The van der Waals surface area contributed by atoms with Crippen molar-refractivity contribution in [1.29, 1.82) is 0 Å². The van der Waals surface area contributed by atoms with Gasteiger partial charge in [0.2, 0.25) is 0 Å². The van der Waals surface area contributed by atoms with Gasteiger partial charge in [0.25, 0.3) is 0 Å². The molecule has 0 N–H and O–H groups in total. The van der Waals surface area contributed by atoms with E-state index in [2.05, 4.69) is 6.92 Å². The van der Waals surface area contributed by atoms with Gasteiger partial charge in [0.15, 0.2) is 0 Å². The Morgan fingerprint density at radius 2 is 2.40 bits per heavy atom. The highest BCUT2D eigenvalue weighted by Crippen LogP contribution is 2.55. The maximum Gasteiger partial charge on any atom is 0.0160 e. The number of rotatable bonds is 1.